The number of carbonyl (C=O) groups is 1. The number of aliphatic hydroxyl groups is 2. The Morgan fingerprint density at radius 3 is 2.85 bits per heavy atom. The summed E-state index contributed by atoms with van der Waals surface area (Å²) in [6, 6.07) is 9.39. The van der Waals surface area contributed by atoms with Crippen molar-refractivity contribution in [3.05, 3.63) is 59.1 Å². The van der Waals surface area contributed by atoms with Crippen LogP contribution in [0, 0.1) is 12.3 Å². The van der Waals surface area contributed by atoms with Gasteiger partial charge >= 0.3 is 6.09 Å². The third kappa shape index (κ3) is 5.64. The molecular weight excluding hydrogens is 530 g/mol. The highest BCUT2D eigenvalue weighted by molar-refractivity contribution is 6.34. The standard InChI is InChI=1S/C30H36ClN5O4/c1-4-5-6-13-40-29(39)35-27-22(31)15-20-8-7-19(14-23(20)34-27)9-11-30(3)16-24(25(37)26(30)38)36-12-10-21-18(2)32-17-33-28(21)36/h7-8,10,12,14-15,17,24-26,37-38H,4-6,9,11,13,16H2,1-3H3,(H,34,35,39)/t24-,25+,26+,30+/m1/s1. The van der Waals surface area contributed by atoms with Crippen molar-refractivity contribution in [3.63, 3.8) is 0 Å². The summed E-state index contributed by atoms with van der Waals surface area (Å²) >= 11 is 6.37. The minimum absolute atomic E-state index is 0.258. The van der Waals surface area contributed by atoms with E-state index in [9.17, 15) is 15.0 Å². The van der Waals surface area contributed by atoms with Gasteiger partial charge in [0.1, 0.15) is 18.1 Å². The number of aromatic nitrogens is 4. The maximum Gasteiger partial charge on any atom is 0.412 e. The van der Waals surface area contributed by atoms with Crippen LogP contribution in [0.15, 0.2) is 42.9 Å². The molecule has 0 unspecified atom stereocenters. The van der Waals surface area contributed by atoms with Gasteiger partial charge in [0.15, 0.2) is 5.82 Å². The zero-order chi connectivity index (χ0) is 28.4. The number of hydrogen-bond acceptors (Lipinski definition) is 7. The molecule has 0 spiro atoms. The number of halogens is 1. The van der Waals surface area contributed by atoms with Gasteiger partial charge in [-0.05, 0) is 61.8 Å². The molecule has 1 aliphatic rings. The van der Waals surface area contributed by atoms with Crippen molar-refractivity contribution in [2.24, 2.45) is 5.41 Å². The average Bonchev–Trinajstić information content (AvgIpc) is 3.46. The number of nitrogens with zero attached hydrogens (tertiary/aromatic N) is 4. The summed E-state index contributed by atoms with van der Waals surface area (Å²) in [6.45, 7) is 6.40. The number of rotatable bonds is 9. The van der Waals surface area contributed by atoms with E-state index in [-0.39, 0.29) is 11.9 Å². The number of aliphatic hydroxyl groups excluding tert-OH is 2. The maximum atomic E-state index is 12.2. The third-order valence-electron chi connectivity index (χ3n) is 8.19. The fourth-order valence-corrected chi connectivity index (χ4v) is 5.94. The number of anilines is 1. The molecule has 0 saturated heterocycles. The second-order valence-electron chi connectivity index (χ2n) is 11.1. The summed E-state index contributed by atoms with van der Waals surface area (Å²) in [5, 5.41) is 27.0. The van der Waals surface area contributed by atoms with Crippen LogP contribution in [-0.4, -0.2) is 54.6 Å². The van der Waals surface area contributed by atoms with E-state index in [2.05, 4.69) is 27.2 Å². The van der Waals surface area contributed by atoms with Crippen molar-refractivity contribution in [1.82, 2.24) is 19.5 Å². The Morgan fingerprint density at radius 2 is 2.05 bits per heavy atom. The molecular formula is C30H36ClN5O4. The molecule has 9 nitrogen and oxygen atoms in total. The average molecular weight is 566 g/mol. The predicted molar refractivity (Wildman–Crippen MR) is 156 cm³/mol. The molecule has 10 heteroatoms. The number of fused-ring (bicyclic) bond motifs is 2. The van der Waals surface area contributed by atoms with Gasteiger partial charge in [0.05, 0.1) is 35.0 Å². The fraction of sp³-hybridized carbons (Fsp3) is 0.467. The summed E-state index contributed by atoms with van der Waals surface area (Å²) in [5.74, 6) is 0.258. The number of pyridine rings is 1. The van der Waals surface area contributed by atoms with E-state index in [4.69, 9.17) is 16.3 Å². The van der Waals surface area contributed by atoms with Crippen molar-refractivity contribution in [3.8, 4) is 0 Å². The van der Waals surface area contributed by atoms with Gasteiger partial charge in [-0.1, -0.05) is 50.4 Å². The predicted octanol–water partition coefficient (Wildman–Crippen LogP) is 5.99. The van der Waals surface area contributed by atoms with Crippen molar-refractivity contribution in [1.29, 1.82) is 0 Å². The van der Waals surface area contributed by atoms with Crippen LogP contribution in [-0.2, 0) is 11.2 Å². The molecule has 0 radical (unpaired) electrons. The number of nitrogens with one attached hydrogen (secondary N) is 1. The molecule has 0 aliphatic heterocycles. The van der Waals surface area contributed by atoms with E-state index in [0.717, 1.165) is 46.9 Å². The molecule has 0 bridgehead atoms. The molecule has 1 aromatic carbocycles. The Balaban J connectivity index is 1.29. The third-order valence-corrected chi connectivity index (χ3v) is 8.48. The summed E-state index contributed by atoms with van der Waals surface area (Å²) in [7, 11) is 0. The van der Waals surface area contributed by atoms with Gasteiger partial charge in [0.25, 0.3) is 0 Å². The summed E-state index contributed by atoms with van der Waals surface area (Å²) in [6.07, 6.45) is 5.91. The first-order chi connectivity index (χ1) is 19.2. The van der Waals surface area contributed by atoms with E-state index in [1.54, 1.807) is 6.07 Å². The Kier molecular flexibility index (Phi) is 8.26. The largest absolute Gasteiger partial charge is 0.449 e. The second-order valence-corrected chi connectivity index (χ2v) is 11.5. The molecule has 212 valence electrons. The van der Waals surface area contributed by atoms with Gasteiger partial charge < -0.3 is 19.5 Å². The first kappa shape index (κ1) is 28.3. The summed E-state index contributed by atoms with van der Waals surface area (Å²) in [5.41, 5.74) is 2.89. The SMILES string of the molecule is CCCCCOC(=O)Nc1nc2cc(CC[C@@]3(C)C[C@@H](n4ccc5c(C)ncnc54)[C@H](O)[C@@H]3O)ccc2cc1Cl. The number of carbonyl (C=O) groups excluding carboxylic acids is 1. The molecule has 1 saturated carbocycles. The van der Waals surface area contributed by atoms with Gasteiger partial charge in [-0.15, -0.1) is 0 Å². The van der Waals surface area contributed by atoms with E-state index < -0.39 is 23.7 Å². The Labute approximate surface area is 238 Å². The van der Waals surface area contributed by atoms with Crippen molar-refractivity contribution in [2.75, 3.05) is 11.9 Å². The minimum atomic E-state index is -0.911. The van der Waals surface area contributed by atoms with Crippen LogP contribution in [0.25, 0.3) is 21.9 Å². The number of ether oxygens (including phenoxy) is 1. The molecule has 4 aromatic rings. The lowest BCUT2D eigenvalue weighted by Gasteiger charge is -2.28. The Bertz CT molecular complexity index is 1530. The lowest BCUT2D eigenvalue weighted by molar-refractivity contribution is -0.0241. The molecule has 40 heavy (non-hydrogen) atoms. The van der Waals surface area contributed by atoms with E-state index >= 15 is 0 Å². The smallest absolute Gasteiger partial charge is 0.412 e. The zero-order valence-electron chi connectivity index (χ0n) is 23.1. The van der Waals surface area contributed by atoms with Crippen molar-refractivity contribution < 1.29 is 19.7 Å². The van der Waals surface area contributed by atoms with E-state index in [1.165, 1.54) is 6.33 Å². The number of benzene rings is 1. The molecule has 3 heterocycles. The summed E-state index contributed by atoms with van der Waals surface area (Å²) < 4.78 is 7.20. The van der Waals surface area contributed by atoms with Crippen LogP contribution in [0.4, 0.5) is 10.6 Å². The van der Waals surface area contributed by atoms with Crippen molar-refractivity contribution in [2.45, 2.75) is 77.5 Å². The van der Waals surface area contributed by atoms with Crippen LogP contribution in [0.1, 0.15) is 63.3 Å². The van der Waals surface area contributed by atoms with E-state index in [0.29, 0.717) is 36.4 Å². The quantitative estimate of drug-likeness (QED) is 0.213. The molecule has 3 N–H and O–H groups in total. The fourth-order valence-electron chi connectivity index (χ4n) is 5.73. The van der Waals surface area contributed by atoms with E-state index in [1.807, 2.05) is 48.9 Å². The molecule has 1 aliphatic carbocycles. The monoisotopic (exact) mass is 565 g/mol. The molecule has 4 atom stereocenters. The summed E-state index contributed by atoms with van der Waals surface area (Å²) in [4.78, 5) is 25.5. The normalized spacial score (nSPS) is 22.7. The lowest BCUT2D eigenvalue weighted by atomic mass is 9.80. The minimum Gasteiger partial charge on any atom is -0.449 e. The van der Waals surface area contributed by atoms with Crippen LogP contribution in [0.3, 0.4) is 0 Å². The maximum absolute atomic E-state index is 12.2. The number of aryl methyl sites for hydroxylation is 2. The number of amides is 1. The lowest BCUT2D eigenvalue weighted by Crippen LogP contribution is -2.35. The second kappa shape index (κ2) is 11.7. The van der Waals surface area contributed by atoms with Crippen LogP contribution < -0.4 is 5.32 Å². The van der Waals surface area contributed by atoms with Gasteiger partial charge in [0.2, 0.25) is 0 Å². The van der Waals surface area contributed by atoms with Gasteiger partial charge in [0, 0.05) is 17.0 Å². The van der Waals surface area contributed by atoms with Crippen LogP contribution in [0.5, 0.6) is 0 Å². The zero-order valence-corrected chi connectivity index (χ0v) is 23.9. The van der Waals surface area contributed by atoms with Crippen LogP contribution in [0.2, 0.25) is 5.02 Å². The first-order valence-electron chi connectivity index (χ1n) is 13.9. The molecule has 5 rings (SSSR count). The highest BCUT2D eigenvalue weighted by atomic mass is 35.5. The molecule has 1 fully saturated rings. The van der Waals surface area contributed by atoms with Gasteiger partial charge in [-0.3, -0.25) is 5.32 Å². The Hall–Kier alpha value is -3.27. The molecule has 1 amide bonds. The molecule has 3 aromatic heterocycles. The number of unbranched alkanes of at least 4 members (excludes halogenated alkanes) is 2. The number of hydrogen-bond donors (Lipinski definition) is 3. The highest BCUT2D eigenvalue weighted by Crippen LogP contribution is 2.48. The highest BCUT2D eigenvalue weighted by Gasteiger charge is 2.50. The van der Waals surface area contributed by atoms with Gasteiger partial charge in [-0.25, -0.2) is 19.7 Å². The Morgan fingerprint density at radius 1 is 1.23 bits per heavy atom. The topological polar surface area (TPSA) is 122 Å². The first-order valence-corrected chi connectivity index (χ1v) is 14.2. The van der Waals surface area contributed by atoms with Crippen molar-refractivity contribution >= 4 is 45.4 Å². The van der Waals surface area contributed by atoms with Crippen LogP contribution >= 0.6 is 11.6 Å². The van der Waals surface area contributed by atoms with Gasteiger partial charge in [-0.2, -0.15) is 0 Å².